The van der Waals surface area contributed by atoms with Crippen LogP contribution in [-0.4, -0.2) is 92.1 Å². The van der Waals surface area contributed by atoms with Crippen molar-refractivity contribution in [3.8, 4) is 0 Å². The molecule has 0 aliphatic carbocycles. The number of rotatable bonds is 17. The Morgan fingerprint density at radius 3 is 1.98 bits per heavy atom. The van der Waals surface area contributed by atoms with Crippen LogP contribution in [-0.2, 0) is 48.2 Å². The highest BCUT2D eigenvalue weighted by molar-refractivity contribution is 6.27. The highest BCUT2D eigenvalue weighted by Crippen LogP contribution is 2.23. The molecule has 58 heavy (non-hydrogen) atoms. The molecular formula is C43H48ClN7O7. The van der Waals surface area contributed by atoms with Gasteiger partial charge in [0.05, 0.1) is 0 Å². The van der Waals surface area contributed by atoms with Crippen LogP contribution in [0, 0.1) is 6.92 Å². The second-order valence-corrected chi connectivity index (χ2v) is 14.9. The zero-order chi connectivity index (χ0) is 41.2. The van der Waals surface area contributed by atoms with Crippen LogP contribution < -0.4 is 21.3 Å². The summed E-state index contributed by atoms with van der Waals surface area (Å²) in [5, 5.41) is 22.4. The molecule has 1 fully saturated rings. The van der Waals surface area contributed by atoms with E-state index in [1.165, 1.54) is 4.90 Å². The lowest BCUT2D eigenvalue weighted by atomic mass is 9.97. The van der Waals surface area contributed by atoms with Gasteiger partial charge in [-0.1, -0.05) is 66.2 Å². The summed E-state index contributed by atoms with van der Waals surface area (Å²) < 4.78 is 0. The van der Waals surface area contributed by atoms with E-state index in [0.717, 1.165) is 44.1 Å². The number of H-pyrrole nitrogens is 2. The number of likely N-dealkylation sites (tertiary alicyclic amines) is 1. The average molecular weight is 810 g/mol. The number of halogens is 1. The molecule has 14 nitrogen and oxygen atoms in total. The van der Waals surface area contributed by atoms with Gasteiger partial charge in [-0.25, -0.2) is 0 Å². The minimum absolute atomic E-state index is 0.0556. The zero-order valence-electron chi connectivity index (χ0n) is 32.2. The lowest BCUT2D eigenvalue weighted by Crippen LogP contribution is -2.61. The fourth-order valence-electron chi connectivity index (χ4n) is 7.44. The van der Waals surface area contributed by atoms with E-state index in [-0.39, 0.29) is 38.8 Å². The first kappa shape index (κ1) is 41.5. The number of hydrogen-bond acceptors (Lipinski definition) is 6. The number of aromatic amines is 2. The Labute approximate surface area is 340 Å². The van der Waals surface area contributed by atoms with Crippen molar-refractivity contribution in [1.82, 2.24) is 36.1 Å². The Morgan fingerprint density at radius 2 is 1.38 bits per heavy atom. The maximum atomic E-state index is 14.5. The Kier molecular flexibility index (Phi) is 13.8. The summed E-state index contributed by atoms with van der Waals surface area (Å²) in [5.41, 5.74) is 5.26. The van der Waals surface area contributed by atoms with E-state index < -0.39 is 72.0 Å². The van der Waals surface area contributed by atoms with Gasteiger partial charge in [-0.15, -0.1) is 11.6 Å². The fraction of sp³-hybridized carbons (Fsp3) is 0.349. The number of para-hydroxylation sites is 2. The van der Waals surface area contributed by atoms with E-state index in [2.05, 4.69) is 31.2 Å². The van der Waals surface area contributed by atoms with Crippen molar-refractivity contribution < 1.29 is 33.9 Å². The first-order valence-corrected chi connectivity index (χ1v) is 20.0. The fourth-order valence-corrected chi connectivity index (χ4v) is 7.52. The molecule has 4 atom stereocenters. The highest BCUT2D eigenvalue weighted by atomic mass is 35.5. The number of hydrogen-bond donors (Lipinski definition) is 7. The number of carbonyl (C=O) groups excluding carboxylic acids is 5. The molecule has 2 aromatic heterocycles. The molecule has 3 aromatic carbocycles. The first-order valence-electron chi connectivity index (χ1n) is 19.4. The predicted octanol–water partition coefficient (Wildman–Crippen LogP) is 4.00. The van der Waals surface area contributed by atoms with E-state index in [4.69, 9.17) is 11.6 Å². The Bertz CT molecular complexity index is 2270. The van der Waals surface area contributed by atoms with Crippen molar-refractivity contribution in [2.75, 3.05) is 12.4 Å². The number of fused-ring (bicyclic) bond motifs is 2. The van der Waals surface area contributed by atoms with Gasteiger partial charge in [-0.2, -0.15) is 0 Å². The standard InChI is InChI=1S/C43H48ClN7O7/c1-26-13-15-27(16-14-26)23-47-40(55)35(20-28-24-45-32-10-4-2-8-30(28)32)49-41(56)36(21-29-25-46-33-11-5-3-9-31(29)33)50-42(57)37-12-6-7-19-51(37)43(58)34(17-18-39(53)54)48-38(52)22-44/h2-5,8-11,13-16,24-25,34-37,45-46H,6-7,12,17-23H2,1H3,(H,47,55)(H,48,52)(H,49,56)(H,50,57)(H,53,54)/t34-,35-,36-,37-/m0/s1. The molecule has 1 aliphatic rings. The number of carboxylic acids is 1. The normalized spacial score (nSPS) is 15.6. The smallest absolute Gasteiger partial charge is 0.303 e. The van der Waals surface area contributed by atoms with Crippen LogP contribution in [0.4, 0.5) is 0 Å². The number of amides is 5. The number of aromatic nitrogens is 2. The molecule has 0 spiro atoms. The molecule has 1 saturated heterocycles. The summed E-state index contributed by atoms with van der Waals surface area (Å²) in [6.45, 7) is 2.40. The van der Waals surface area contributed by atoms with Crippen LogP contribution in [0.1, 0.15) is 54.4 Å². The van der Waals surface area contributed by atoms with E-state index >= 15 is 0 Å². The Morgan fingerprint density at radius 1 is 0.776 bits per heavy atom. The molecule has 3 heterocycles. The SMILES string of the molecule is Cc1ccc(CNC(=O)[C@H](Cc2c[nH]c3ccccc23)NC(=O)[C@H](Cc2c[nH]c3ccccc23)NC(=O)[C@@H]2CCCCN2C(=O)[C@H](CCC(=O)O)NC(=O)CCl)cc1. The first-order chi connectivity index (χ1) is 28.0. The number of carbonyl (C=O) groups is 6. The summed E-state index contributed by atoms with van der Waals surface area (Å²) in [6, 6.07) is 18.5. The van der Waals surface area contributed by atoms with E-state index in [1.807, 2.05) is 85.9 Å². The van der Waals surface area contributed by atoms with Gasteiger partial charge in [0, 0.05) is 66.6 Å². The van der Waals surface area contributed by atoms with Crippen molar-refractivity contribution >= 4 is 68.9 Å². The van der Waals surface area contributed by atoms with Gasteiger partial charge in [0.25, 0.3) is 0 Å². The third-order valence-electron chi connectivity index (χ3n) is 10.5. The number of nitrogens with one attached hydrogen (secondary N) is 6. The van der Waals surface area contributed by atoms with Gasteiger partial charge >= 0.3 is 5.97 Å². The number of aryl methyl sites for hydroxylation is 1. The topological polar surface area (TPSA) is 206 Å². The van der Waals surface area contributed by atoms with Crippen LogP contribution in [0.5, 0.6) is 0 Å². The number of benzene rings is 3. The van der Waals surface area contributed by atoms with E-state index in [0.29, 0.717) is 12.8 Å². The summed E-state index contributed by atoms with van der Waals surface area (Å²) >= 11 is 5.70. The van der Waals surface area contributed by atoms with Crippen molar-refractivity contribution in [3.63, 3.8) is 0 Å². The predicted molar refractivity (Wildman–Crippen MR) is 220 cm³/mol. The van der Waals surface area contributed by atoms with Crippen molar-refractivity contribution in [1.29, 1.82) is 0 Å². The lowest BCUT2D eigenvalue weighted by molar-refractivity contribution is -0.146. The molecule has 15 heteroatoms. The van der Waals surface area contributed by atoms with Crippen molar-refractivity contribution in [2.24, 2.45) is 0 Å². The lowest BCUT2D eigenvalue weighted by Gasteiger charge is -2.37. The second kappa shape index (κ2) is 19.3. The number of carboxylic acid groups (broad SMARTS) is 1. The summed E-state index contributed by atoms with van der Waals surface area (Å²) in [7, 11) is 0. The minimum atomic E-state index is -1.22. The minimum Gasteiger partial charge on any atom is -0.481 e. The number of aliphatic carboxylic acids is 1. The molecule has 0 unspecified atom stereocenters. The highest BCUT2D eigenvalue weighted by Gasteiger charge is 2.38. The number of alkyl halides is 1. The van der Waals surface area contributed by atoms with Crippen LogP contribution >= 0.6 is 11.6 Å². The van der Waals surface area contributed by atoms with Crippen LogP contribution in [0.2, 0.25) is 0 Å². The summed E-state index contributed by atoms with van der Waals surface area (Å²) in [4.78, 5) is 88.2. The third-order valence-corrected chi connectivity index (χ3v) is 10.8. The van der Waals surface area contributed by atoms with E-state index in [9.17, 15) is 33.9 Å². The van der Waals surface area contributed by atoms with Crippen molar-refractivity contribution in [2.45, 2.75) is 82.6 Å². The van der Waals surface area contributed by atoms with Crippen molar-refractivity contribution in [3.05, 3.63) is 107 Å². The molecule has 304 valence electrons. The number of piperidine rings is 1. The molecule has 5 aromatic rings. The second-order valence-electron chi connectivity index (χ2n) is 14.7. The third kappa shape index (κ3) is 10.4. The summed E-state index contributed by atoms with van der Waals surface area (Å²) in [6.07, 6.45) is 4.68. The Balaban J connectivity index is 1.27. The van der Waals surface area contributed by atoms with Gasteiger partial charge < -0.3 is 41.2 Å². The Hall–Kier alpha value is -6.15. The average Bonchev–Trinajstić information content (AvgIpc) is 3.84. The molecule has 0 saturated carbocycles. The quantitative estimate of drug-likeness (QED) is 0.0688. The molecular weight excluding hydrogens is 762 g/mol. The van der Waals surface area contributed by atoms with Crippen LogP contribution in [0.3, 0.4) is 0 Å². The molecule has 0 radical (unpaired) electrons. The molecule has 1 aliphatic heterocycles. The molecule has 5 amide bonds. The maximum absolute atomic E-state index is 14.5. The van der Waals surface area contributed by atoms with Gasteiger partial charge in [0.15, 0.2) is 0 Å². The van der Waals surface area contributed by atoms with Gasteiger partial charge in [0.2, 0.25) is 29.5 Å². The van der Waals surface area contributed by atoms with Gasteiger partial charge in [0.1, 0.15) is 30.0 Å². The summed E-state index contributed by atoms with van der Waals surface area (Å²) in [5.74, 6) is -4.45. The van der Waals surface area contributed by atoms with Crippen LogP contribution in [0.25, 0.3) is 21.8 Å². The zero-order valence-corrected chi connectivity index (χ0v) is 32.9. The number of nitrogens with zero attached hydrogens (tertiary/aromatic N) is 1. The monoisotopic (exact) mass is 809 g/mol. The largest absolute Gasteiger partial charge is 0.481 e. The van der Waals surface area contributed by atoms with Gasteiger partial charge in [-0.3, -0.25) is 28.8 Å². The van der Waals surface area contributed by atoms with Crippen LogP contribution in [0.15, 0.2) is 85.2 Å². The van der Waals surface area contributed by atoms with E-state index in [1.54, 1.807) is 6.20 Å². The molecule has 0 bridgehead atoms. The molecule has 7 N–H and O–H groups in total. The molecule has 6 rings (SSSR count). The van der Waals surface area contributed by atoms with Gasteiger partial charge in [-0.05, 0) is 61.4 Å². The maximum Gasteiger partial charge on any atom is 0.303 e.